The highest BCUT2D eigenvalue weighted by atomic mass is 16.3. The summed E-state index contributed by atoms with van der Waals surface area (Å²) in [6.07, 6.45) is 3.81. The molecule has 0 bridgehead atoms. The molecule has 0 atom stereocenters. The zero-order chi connectivity index (χ0) is 33.1. The standard InChI is InChI=1S/C47H30N2O/c1-47(2)40-11-5-3-10-37(40)42-43(47)38(25-39-36-9-4-6-12-41(36)50-46(39)42)31-18-20-35-30(23-31)15-14-29-22-28(17-19-34(29)35)33-24-32-16-13-27-8-7-21-48-44(27)45(32)49-26-33/h3-26H,1-2H3. The normalized spacial score (nSPS) is 13.6. The summed E-state index contributed by atoms with van der Waals surface area (Å²) < 4.78 is 6.63. The molecule has 3 heterocycles. The number of rotatable bonds is 2. The van der Waals surface area contributed by atoms with Gasteiger partial charge in [0.05, 0.1) is 11.0 Å². The molecule has 0 unspecified atom stereocenters. The lowest BCUT2D eigenvalue weighted by Gasteiger charge is -2.25. The first kappa shape index (κ1) is 27.6. The van der Waals surface area contributed by atoms with Crippen molar-refractivity contribution in [3.63, 3.8) is 0 Å². The summed E-state index contributed by atoms with van der Waals surface area (Å²) in [5.74, 6) is 0. The minimum atomic E-state index is -0.176. The van der Waals surface area contributed by atoms with Gasteiger partial charge in [0, 0.05) is 50.5 Å². The fourth-order valence-electron chi connectivity index (χ4n) is 8.69. The number of hydrogen-bond acceptors (Lipinski definition) is 3. The minimum Gasteiger partial charge on any atom is -0.455 e. The van der Waals surface area contributed by atoms with E-state index in [1.54, 1.807) is 0 Å². The molecule has 11 rings (SSSR count). The monoisotopic (exact) mass is 638 g/mol. The van der Waals surface area contributed by atoms with Crippen LogP contribution < -0.4 is 0 Å². The minimum absolute atomic E-state index is 0.176. The van der Waals surface area contributed by atoms with Crippen molar-refractivity contribution in [3.8, 4) is 33.4 Å². The third-order valence-corrected chi connectivity index (χ3v) is 11.1. The van der Waals surface area contributed by atoms with Crippen molar-refractivity contribution in [1.82, 2.24) is 9.97 Å². The van der Waals surface area contributed by atoms with E-state index >= 15 is 0 Å². The Balaban J connectivity index is 1.07. The van der Waals surface area contributed by atoms with Crippen LogP contribution in [-0.2, 0) is 5.41 Å². The van der Waals surface area contributed by atoms with Gasteiger partial charge in [-0.3, -0.25) is 9.97 Å². The van der Waals surface area contributed by atoms with Crippen molar-refractivity contribution in [2.45, 2.75) is 19.3 Å². The summed E-state index contributed by atoms with van der Waals surface area (Å²) in [6, 6.07) is 48.5. The van der Waals surface area contributed by atoms with Crippen molar-refractivity contribution in [3.05, 3.63) is 157 Å². The molecule has 0 N–H and O–H groups in total. The molecule has 50 heavy (non-hydrogen) atoms. The quantitative estimate of drug-likeness (QED) is 0.177. The third kappa shape index (κ3) is 3.75. The van der Waals surface area contributed by atoms with E-state index in [1.807, 2.05) is 18.5 Å². The molecule has 0 saturated carbocycles. The molecule has 0 fully saturated rings. The van der Waals surface area contributed by atoms with Crippen LogP contribution in [0.15, 0.2) is 150 Å². The van der Waals surface area contributed by atoms with Crippen LogP contribution in [0.25, 0.3) is 98.7 Å². The van der Waals surface area contributed by atoms with Crippen molar-refractivity contribution < 1.29 is 4.42 Å². The average molecular weight is 639 g/mol. The number of aromatic nitrogens is 2. The average Bonchev–Trinajstić information content (AvgIpc) is 3.66. The van der Waals surface area contributed by atoms with Crippen LogP contribution in [0.5, 0.6) is 0 Å². The zero-order valence-electron chi connectivity index (χ0n) is 27.7. The van der Waals surface area contributed by atoms with E-state index in [-0.39, 0.29) is 5.41 Å². The molecule has 0 radical (unpaired) electrons. The molecule has 234 valence electrons. The van der Waals surface area contributed by atoms with Crippen LogP contribution in [0, 0.1) is 0 Å². The summed E-state index contributed by atoms with van der Waals surface area (Å²) in [7, 11) is 0. The molecule has 7 aromatic carbocycles. The molecule has 0 saturated heterocycles. The number of pyridine rings is 2. The van der Waals surface area contributed by atoms with Gasteiger partial charge in [0.15, 0.2) is 0 Å². The van der Waals surface area contributed by atoms with E-state index in [4.69, 9.17) is 9.40 Å². The Kier molecular flexibility index (Phi) is 5.45. The van der Waals surface area contributed by atoms with Gasteiger partial charge in [-0.25, -0.2) is 0 Å². The Hall–Kier alpha value is -6.32. The molecule has 3 heteroatoms. The van der Waals surface area contributed by atoms with Gasteiger partial charge in [-0.2, -0.15) is 0 Å². The van der Waals surface area contributed by atoms with Crippen LogP contribution in [0.2, 0.25) is 0 Å². The second-order valence-electron chi connectivity index (χ2n) is 14.2. The number of nitrogens with zero attached hydrogens (tertiary/aromatic N) is 2. The fourth-order valence-corrected chi connectivity index (χ4v) is 8.69. The number of furan rings is 1. The summed E-state index contributed by atoms with van der Waals surface area (Å²) in [5.41, 5.74) is 13.5. The van der Waals surface area contributed by atoms with E-state index in [1.165, 1.54) is 60.3 Å². The highest BCUT2D eigenvalue weighted by Gasteiger charge is 2.40. The van der Waals surface area contributed by atoms with Crippen molar-refractivity contribution in [2.24, 2.45) is 0 Å². The number of hydrogen-bond donors (Lipinski definition) is 0. The molecule has 1 aliphatic carbocycles. The van der Waals surface area contributed by atoms with Crippen LogP contribution in [0.1, 0.15) is 25.0 Å². The summed E-state index contributed by atoms with van der Waals surface area (Å²) in [5, 5.41) is 9.47. The van der Waals surface area contributed by atoms with Crippen LogP contribution in [-0.4, -0.2) is 9.97 Å². The first-order valence-electron chi connectivity index (χ1n) is 17.2. The predicted molar refractivity (Wildman–Crippen MR) is 208 cm³/mol. The maximum Gasteiger partial charge on any atom is 0.143 e. The summed E-state index contributed by atoms with van der Waals surface area (Å²) in [4.78, 5) is 9.46. The van der Waals surface area contributed by atoms with Crippen LogP contribution >= 0.6 is 0 Å². The highest BCUT2D eigenvalue weighted by molar-refractivity contribution is 6.15. The smallest absolute Gasteiger partial charge is 0.143 e. The van der Waals surface area contributed by atoms with Gasteiger partial charge in [-0.1, -0.05) is 111 Å². The molecular formula is C47H30N2O. The molecule has 1 aliphatic rings. The molecular weight excluding hydrogens is 609 g/mol. The highest BCUT2D eigenvalue weighted by Crippen LogP contribution is 2.56. The predicted octanol–water partition coefficient (Wildman–Crippen LogP) is 12.6. The van der Waals surface area contributed by atoms with Gasteiger partial charge in [-0.15, -0.1) is 0 Å². The first-order chi connectivity index (χ1) is 24.5. The van der Waals surface area contributed by atoms with Gasteiger partial charge < -0.3 is 4.42 Å². The molecule has 0 aliphatic heterocycles. The zero-order valence-corrected chi connectivity index (χ0v) is 27.7. The molecule has 0 spiro atoms. The Morgan fingerprint density at radius 3 is 2.08 bits per heavy atom. The largest absolute Gasteiger partial charge is 0.455 e. The van der Waals surface area contributed by atoms with Gasteiger partial charge in [0.2, 0.25) is 0 Å². The number of fused-ring (bicyclic) bond motifs is 13. The fraction of sp³-hybridized carbons (Fsp3) is 0.0638. The van der Waals surface area contributed by atoms with Gasteiger partial charge in [0.25, 0.3) is 0 Å². The van der Waals surface area contributed by atoms with Gasteiger partial charge in [-0.05, 0) is 91.3 Å². The number of para-hydroxylation sites is 1. The second-order valence-corrected chi connectivity index (χ2v) is 14.2. The van der Waals surface area contributed by atoms with Crippen molar-refractivity contribution in [1.29, 1.82) is 0 Å². The van der Waals surface area contributed by atoms with E-state index in [0.29, 0.717) is 0 Å². The Morgan fingerprint density at radius 1 is 0.500 bits per heavy atom. The number of benzene rings is 7. The van der Waals surface area contributed by atoms with E-state index < -0.39 is 0 Å². The topological polar surface area (TPSA) is 38.9 Å². The Labute approximate surface area is 288 Å². The van der Waals surface area contributed by atoms with Crippen LogP contribution in [0.4, 0.5) is 0 Å². The van der Waals surface area contributed by atoms with Crippen molar-refractivity contribution in [2.75, 3.05) is 0 Å². The van der Waals surface area contributed by atoms with Crippen molar-refractivity contribution >= 4 is 65.3 Å². The SMILES string of the molecule is CC1(C)c2ccccc2-c2c1c(-c1ccc3c(ccc4cc(-c5cnc6c(ccc7cccnc76)c5)ccc43)c1)cc1c2oc2ccccc21. The maximum atomic E-state index is 6.63. The van der Waals surface area contributed by atoms with E-state index in [2.05, 4.69) is 146 Å². The third-order valence-electron chi connectivity index (χ3n) is 11.1. The molecule has 0 amide bonds. The lowest BCUT2D eigenvalue weighted by atomic mass is 9.78. The molecule has 10 aromatic rings. The Bertz CT molecular complexity index is 3080. The first-order valence-corrected chi connectivity index (χ1v) is 17.2. The summed E-state index contributed by atoms with van der Waals surface area (Å²) >= 11 is 0. The van der Waals surface area contributed by atoms with E-state index in [9.17, 15) is 0 Å². The van der Waals surface area contributed by atoms with E-state index in [0.717, 1.165) is 49.5 Å². The van der Waals surface area contributed by atoms with Crippen LogP contribution in [0.3, 0.4) is 0 Å². The van der Waals surface area contributed by atoms with Gasteiger partial charge in [0.1, 0.15) is 11.2 Å². The molecule has 3 aromatic heterocycles. The van der Waals surface area contributed by atoms with Gasteiger partial charge >= 0.3 is 0 Å². The lowest BCUT2D eigenvalue weighted by molar-refractivity contribution is 0.654. The Morgan fingerprint density at radius 2 is 1.20 bits per heavy atom. The second kappa shape index (κ2) is 9.87. The molecule has 3 nitrogen and oxygen atoms in total. The maximum absolute atomic E-state index is 6.63. The lowest BCUT2D eigenvalue weighted by Crippen LogP contribution is -2.16. The summed E-state index contributed by atoms with van der Waals surface area (Å²) in [6.45, 7) is 4.71.